The van der Waals surface area contributed by atoms with Crippen LogP contribution in [0.4, 0.5) is 16.2 Å². The second-order valence-electron chi connectivity index (χ2n) is 9.36. The highest BCUT2D eigenvalue weighted by Crippen LogP contribution is 2.44. The van der Waals surface area contributed by atoms with Crippen molar-refractivity contribution in [1.82, 2.24) is 4.90 Å². The molecule has 2 aliphatic rings. The predicted octanol–water partition coefficient (Wildman–Crippen LogP) is 5.00. The lowest BCUT2D eigenvalue weighted by atomic mass is 9.90. The number of carbonyl (C=O) groups is 3. The number of ether oxygens (including phenoxy) is 1. The van der Waals surface area contributed by atoms with Crippen molar-refractivity contribution in [3.8, 4) is 0 Å². The van der Waals surface area contributed by atoms with E-state index in [2.05, 4.69) is 10.6 Å². The van der Waals surface area contributed by atoms with Crippen molar-refractivity contribution >= 4 is 40.9 Å². The molecule has 0 radical (unpaired) electrons. The first-order valence-electron chi connectivity index (χ1n) is 12.0. The first-order valence-corrected chi connectivity index (χ1v) is 12.4. The zero-order chi connectivity index (χ0) is 26.0. The maximum absolute atomic E-state index is 13.8. The number of benzene rings is 3. The third-order valence-corrected chi connectivity index (χ3v) is 7.13. The van der Waals surface area contributed by atoms with Crippen LogP contribution in [0.25, 0.3) is 0 Å². The Labute approximate surface area is 219 Å². The van der Waals surface area contributed by atoms with Crippen molar-refractivity contribution in [2.24, 2.45) is 5.92 Å². The summed E-state index contributed by atoms with van der Waals surface area (Å²) in [5.41, 5.74) is 2.42. The molecule has 1 unspecified atom stereocenters. The lowest BCUT2D eigenvalue weighted by Crippen LogP contribution is -2.44. The minimum absolute atomic E-state index is 0.0476. The van der Waals surface area contributed by atoms with Gasteiger partial charge < -0.3 is 20.1 Å². The van der Waals surface area contributed by atoms with Crippen LogP contribution in [0.3, 0.4) is 0 Å². The van der Waals surface area contributed by atoms with Crippen LogP contribution >= 0.6 is 11.6 Å². The van der Waals surface area contributed by atoms with Crippen LogP contribution in [-0.2, 0) is 21.6 Å². The summed E-state index contributed by atoms with van der Waals surface area (Å²) in [5, 5.41) is 15.7. The van der Waals surface area contributed by atoms with E-state index in [0.29, 0.717) is 36.6 Å². The van der Waals surface area contributed by atoms with Gasteiger partial charge in [-0.2, -0.15) is 0 Å². The lowest BCUT2D eigenvalue weighted by Gasteiger charge is -2.35. The van der Waals surface area contributed by atoms with E-state index in [1.807, 2.05) is 30.3 Å². The summed E-state index contributed by atoms with van der Waals surface area (Å²) >= 11 is 6.25. The Hall–Kier alpha value is -4.04. The fourth-order valence-corrected chi connectivity index (χ4v) is 5.19. The summed E-state index contributed by atoms with van der Waals surface area (Å²) in [5.74, 6) is -1.44. The van der Waals surface area contributed by atoms with E-state index in [1.54, 1.807) is 35.2 Å². The van der Waals surface area contributed by atoms with Gasteiger partial charge in [0.05, 0.1) is 23.7 Å². The molecule has 1 saturated heterocycles. The normalized spacial score (nSPS) is 19.1. The Balaban J connectivity index is 1.36. The van der Waals surface area contributed by atoms with E-state index in [1.165, 1.54) is 12.1 Å². The first kappa shape index (κ1) is 24.6. The monoisotopic (exact) mass is 519 g/mol. The molecule has 0 bridgehead atoms. The van der Waals surface area contributed by atoms with Gasteiger partial charge in [-0.3, -0.25) is 10.1 Å². The topological polar surface area (TPSA) is 108 Å². The number of fused-ring (bicyclic) bond motifs is 2. The second kappa shape index (κ2) is 10.1. The zero-order valence-electron chi connectivity index (χ0n) is 19.9. The number of nitrogens with one attached hydrogen (secondary N) is 2. The van der Waals surface area contributed by atoms with E-state index >= 15 is 0 Å². The highest BCUT2D eigenvalue weighted by molar-refractivity contribution is 6.30. The van der Waals surface area contributed by atoms with Crippen molar-refractivity contribution in [3.63, 3.8) is 0 Å². The standard InChI is InChI=1S/C28H26ClN3O5/c29-21-8-11-24-23(15-21)28(37-27(36)31-24)12-13-32(17-28)25(33)20(14-18-4-2-1-3-5-18)16-30-22-9-6-19(7-10-22)26(34)35/h1-11,15,20,30H,12-14,16-17H2,(H,31,36)(H,34,35)/t20-,28?/m0/s1. The summed E-state index contributed by atoms with van der Waals surface area (Å²) in [7, 11) is 0. The number of halogens is 1. The van der Waals surface area contributed by atoms with Gasteiger partial charge >= 0.3 is 12.1 Å². The molecule has 3 aromatic rings. The molecular weight excluding hydrogens is 494 g/mol. The number of carboxylic acids is 1. The van der Waals surface area contributed by atoms with Gasteiger partial charge in [0.1, 0.15) is 0 Å². The van der Waals surface area contributed by atoms with Gasteiger partial charge in [0, 0.05) is 35.8 Å². The summed E-state index contributed by atoms with van der Waals surface area (Å²) in [6.45, 7) is 1.04. The predicted molar refractivity (Wildman–Crippen MR) is 140 cm³/mol. The molecule has 2 aliphatic heterocycles. The molecule has 3 N–H and O–H groups in total. The minimum atomic E-state index is -0.992. The number of carbonyl (C=O) groups excluding carboxylic acids is 2. The Morgan fingerprint density at radius 3 is 2.59 bits per heavy atom. The first-order chi connectivity index (χ1) is 17.8. The summed E-state index contributed by atoms with van der Waals surface area (Å²) in [6, 6.07) is 21.5. The van der Waals surface area contributed by atoms with Crippen molar-refractivity contribution in [1.29, 1.82) is 0 Å². The van der Waals surface area contributed by atoms with Gasteiger partial charge in [0.2, 0.25) is 5.91 Å². The molecule has 0 saturated carbocycles. The zero-order valence-corrected chi connectivity index (χ0v) is 20.7. The van der Waals surface area contributed by atoms with Gasteiger partial charge in [0.15, 0.2) is 5.60 Å². The molecule has 3 aromatic carbocycles. The Morgan fingerprint density at radius 2 is 1.86 bits per heavy atom. The van der Waals surface area contributed by atoms with Crippen LogP contribution in [0.1, 0.15) is 27.9 Å². The highest BCUT2D eigenvalue weighted by atomic mass is 35.5. The van der Waals surface area contributed by atoms with E-state index in [0.717, 1.165) is 16.8 Å². The molecule has 37 heavy (non-hydrogen) atoms. The molecular formula is C28H26ClN3O5. The number of aromatic carboxylic acids is 1. The molecule has 1 spiro atoms. The summed E-state index contributed by atoms with van der Waals surface area (Å²) in [4.78, 5) is 39.1. The maximum atomic E-state index is 13.8. The SMILES string of the molecule is O=C1Nc2ccc(Cl)cc2C2(CCN(C(=O)[C@H](CNc3ccc(C(=O)O)cc3)Cc3ccccc3)C2)O1. The molecule has 2 heterocycles. The number of carboxylic acid groups (broad SMARTS) is 1. The number of rotatable bonds is 7. The van der Waals surface area contributed by atoms with E-state index in [-0.39, 0.29) is 18.0 Å². The van der Waals surface area contributed by atoms with Crippen LogP contribution < -0.4 is 10.6 Å². The third kappa shape index (κ3) is 5.24. The van der Waals surface area contributed by atoms with Crippen molar-refractivity contribution in [2.45, 2.75) is 18.4 Å². The van der Waals surface area contributed by atoms with E-state index in [9.17, 15) is 14.4 Å². The minimum Gasteiger partial charge on any atom is -0.478 e. The maximum Gasteiger partial charge on any atom is 0.412 e. The average Bonchev–Trinajstić information content (AvgIpc) is 3.31. The molecule has 0 aliphatic carbocycles. The second-order valence-corrected chi connectivity index (χ2v) is 9.79. The smallest absolute Gasteiger partial charge is 0.412 e. The van der Waals surface area contributed by atoms with Crippen LogP contribution in [-0.4, -0.2) is 47.6 Å². The molecule has 190 valence electrons. The Bertz CT molecular complexity index is 1330. The largest absolute Gasteiger partial charge is 0.478 e. The van der Waals surface area contributed by atoms with Crippen LogP contribution in [0.2, 0.25) is 5.02 Å². The van der Waals surface area contributed by atoms with Gasteiger partial charge in [-0.1, -0.05) is 41.9 Å². The van der Waals surface area contributed by atoms with Gasteiger partial charge in [-0.15, -0.1) is 0 Å². The van der Waals surface area contributed by atoms with Crippen molar-refractivity contribution in [2.75, 3.05) is 30.3 Å². The van der Waals surface area contributed by atoms with Gasteiger partial charge in [0.25, 0.3) is 0 Å². The van der Waals surface area contributed by atoms with Crippen LogP contribution in [0.5, 0.6) is 0 Å². The molecule has 5 rings (SSSR count). The van der Waals surface area contributed by atoms with E-state index < -0.39 is 23.6 Å². The summed E-state index contributed by atoms with van der Waals surface area (Å²) in [6.07, 6.45) is 0.450. The fraction of sp³-hybridized carbons (Fsp3) is 0.250. The molecule has 2 atom stereocenters. The highest BCUT2D eigenvalue weighted by Gasteiger charge is 2.49. The number of nitrogens with zero attached hydrogens (tertiary/aromatic N) is 1. The number of likely N-dealkylation sites (tertiary alicyclic amines) is 1. The number of hydrogen-bond donors (Lipinski definition) is 3. The fourth-order valence-electron chi connectivity index (χ4n) is 5.02. The lowest BCUT2D eigenvalue weighted by molar-refractivity contribution is -0.135. The van der Waals surface area contributed by atoms with Gasteiger partial charge in [-0.05, 0) is 54.4 Å². The number of hydrogen-bond acceptors (Lipinski definition) is 5. The van der Waals surface area contributed by atoms with Crippen molar-refractivity contribution < 1.29 is 24.2 Å². The quantitative estimate of drug-likeness (QED) is 0.405. The Kier molecular flexibility index (Phi) is 6.76. The molecule has 9 heteroatoms. The molecule has 8 nitrogen and oxygen atoms in total. The van der Waals surface area contributed by atoms with Crippen LogP contribution in [0, 0.1) is 5.92 Å². The third-order valence-electron chi connectivity index (χ3n) is 6.90. The number of amides is 2. The van der Waals surface area contributed by atoms with Crippen LogP contribution in [0.15, 0.2) is 72.8 Å². The van der Waals surface area contributed by atoms with Gasteiger partial charge in [-0.25, -0.2) is 9.59 Å². The summed E-state index contributed by atoms with van der Waals surface area (Å²) < 4.78 is 5.79. The van der Waals surface area contributed by atoms with E-state index in [4.69, 9.17) is 21.4 Å². The molecule has 0 aromatic heterocycles. The average molecular weight is 520 g/mol. The number of anilines is 2. The molecule has 1 fully saturated rings. The Morgan fingerprint density at radius 1 is 1.11 bits per heavy atom. The molecule has 2 amide bonds. The van der Waals surface area contributed by atoms with Crippen molar-refractivity contribution in [3.05, 3.63) is 94.5 Å².